The summed E-state index contributed by atoms with van der Waals surface area (Å²) in [5, 5.41) is 3.24. The van der Waals surface area contributed by atoms with Crippen LogP contribution in [0.1, 0.15) is 34.3 Å². The highest BCUT2D eigenvalue weighted by molar-refractivity contribution is 5.94. The van der Waals surface area contributed by atoms with Crippen molar-refractivity contribution in [3.63, 3.8) is 0 Å². The van der Waals surface area contributed by atoms with Crippen molar-refractivity contribution in [1.82, 2.24) is 10.2 Å². The standard InChI is InChI=1S/C16H20N2O/c19-16(17-15-10-18-7-6-14(15)9-18)13-5-4-11-2-1-3-12(11)8-13/h4-5,8,14-15H,1-3,6-7,9-10H2,(H,17,19)/t14-,15?/m0/s1. The zero-order chi connectivity index (χ0) is 12.8. The van der Waals surface area contributed by atoms with Gasteiger partial charge in [0.05, 0.1) is 0 Å². The lowest BCUT2D eigenvalue weighted by Crippen LogP contribution is -2.43. The quantitative estimate of drug-likeness (QED) is 0.872. The van der Waals surface area contributed by atoms with Crippen molar-refractivity contribution in [2.45, 2.75) is 31.7 Å². The van der Waals surface area contributed by atoms with E-state index >= 15 is 0 Å². The van der Waals surface area contributed by atoms with Crippen LogP contribution in [-0.4, -0.2) is 36.5 Å². The molecule has 3 atom stereocenters. The highest BCUT2D eigenvalue weighted by Crippen LogP contribution is 2.28. The van der Waals surface area contributed by atoms with Gasteiger partial charge in [0.25, 0.3) is 5.91 Å². The van der Waals surface area contributed by atoms with Crippen LogP contribution in [0.15, 0.2) is 18.2 Å². The lowest BCUT2D eigenvalue weighted by Gasteiger charge is -2.23. The smallest absolute Gasteiger partial charge is 0.251 e. The second-order valence-corrected chi connectivity index (χ2v) is 6.23. The van der Waals surface area contributed by atoms with Gasteiger partial charge in [-0.05, 0) is 61.4 Å². The van der Waals surface area contributed by atoms with Crippen LogP contribution in [0.2, 0.25) is 0 Å². The summed E-state index contributed by atoms with van der Waals surface area (Å²) >= 11 is 0. The molecule has 1 aliphatic carbocycles. The third-order valence-electron chi connectivity index (χ3n) is 5.01. The van der Waals surface area contributed by atoms with Crippen LogP contribution in [0, 0.1) is 5.92 Å². The van der Waals surface area contributed by atoms with Crippen LogP contribution >= 0.6 is 0 Å². The van der Waals surface area contributed by atoms with E-state index < -0.39 is 0 Å². The van der Waals surface area contributed by atoms with Crippen molar-refractivity contribution in [1.29, 1.82) is 0 Å². The number of carbonyl (C=O) groups excluding carboxylic acids is 1. The molecule has 1 aromatic rings. The van der Waals surface area contributed by atoms with E-state index in [-0.39, 0.29) is 5.91 Å². The van der Waals surface area contributed by atoms with Gasteiger partial charge in [-0.3, -0.25) is 4.79 Å². The molecule has 2 unspecified atom stereocenters. The maximum atomic E-state index is 12.3. The maximum absolute atomic E-state index is 12.3. The third-order valence-corrected chi connectivity index (χ3v) is 5.01. The van der Waals surface area contributed by atoms with Gasteiger partial charge in [0.2, 0.25) is 0 Å². The molecular formula is C16H20N2O. The number of fused-ring (bicyclic) bond motifs is 3. The summed E-state index contributed by atoms with van der Waals surface area (Å²) in [7, 11) is 0. The summed E-state index contributed by atoms with van der Waals surface area (Å²) in [5.74, 6) is 0.798. The number of amides is 1. The molecule has 2 aliphatic heterocycles. The molecule has 0 aromatic heterocycles. The lowest BCUT2D eigenvalue weighted by atomic mass is 9.99. The molecule has 2 bridgehead atoms. The van der Waals surface area contributed by atoms with Gasteiger partial charge in [0.1, 0.15) is 0 Å². The minimum Gasteiger partial charge on any atom is -0.348 e. The Hall–Kier alpha value is -1.35. The van der Waals surface area contributed by atoms with E-state index in [4.69, 9.17) is 0 Å². The largest absolute Gasteiger partial charge is 0.348 e. The minimum absolute atomic E-state index is 0.119. The number of aryl methyl sites for hydroxylation is 2. The van der Waals surface area contributed by atoms with Gasteiger partial charge in [0, 0.05) is 24.7 Å². The Morgan fingerprint density at radius 1 is 1.21 bits per heavy atom. The summed E-state index contributed by atoms with van der Waals surface area (Å²) in [6.45, 7) is 3.44. The molecule has 2 fully saturated rings. The first-order chi connectivity index (χ1) is 9.29. The number of piperidine rings is 1. The first-order valence-corrected chi connectivity index (χ1v) is 7.44. The Kier molecular flexibility index (Phi) is 2.62. The van der Waals surface area contributed by atoms with Crippen LogP contribution in [0.4, 0.5) is 0 Å². The molecule has 1 aromatic carbocycles. The average Bonchev–Trinajstić information content (AvgIpc) is 3.13. The molecule has 3 nitrogen and oxygen atoms in total. The SMILES string of the molecule is O=C(NC1CN2CC[C@H]1C2)c1ccc2c(c1)CCC2. The molecule has 19 heavy (non-hydrogen) atoms. The molecule has 1 N–H and O–H groups in total. The van der Waals surface area contributed by atoms with Gasteiger partial charge in [-0.2, -0.15) is 0 Å². The van der Waals surface area contributed by atoms with Gasteiger partial charge in [0.15, 0.2) is 0 Å². The monoisotopic (exact) mass is 256 g/mol. The summed E-state index contributed by atoms with van der Waals surface area (Å²) in [4.78, 5) is 14.8. The number of nitrogens with zero attached hydrogens (tertiary/aromatic N) is 1. The predicted molar refractivity (Wildman–Crippen MR) is 74.3 cm³/mol. The molecule has 4 rings (SSSR count). The molecule has 100 valence electrons. The van der Waals surface area contributed by atoms with Crippen molar-refractivity contribution in [3.8, 4) is 0 Å². The van der Waals surface area contributed by atoms with E-state index in [0.29, 0.717) is 12.0 Å². The van der Waals surface area contributed by atoms with E-state index in [1.54, 1.807) is 0 Å². The van der Waals surface area contributed by atoms with E-state index in [2.05, 4.69) is 22.3 Å². The zero-order valence-corrected chi connectivity index (χ0v) is 11.2. The normalized spacial score (nSPS) is 31.5. The predicted octanol–water partition coefficient (Wildman–Crippen LogP) is 1.61. The topological polar surface area (TPSA) is 32.3 Å². The minimum atomic E-state index is 0.119. The molecular weight excluding hydrogens is 236 g/mol. The van der Waals surface area contributed by atoms with E-state index in [1.807, 2.05) is 6.07 Å². The van der Waals surface area contributed by atoms with Crippen LogP contribution in [-0.2, 0) is 12.8 Å². The molecule has 3 heteroatoms. The maximum Gasteiger partial charge on any atom is 0.251 e. The molecule has 0 radical (unpaired) electrons. The van der Waals surface area contributed by atoms with Crippen molar-refractivity contribution in [2.24, 2.45) is 5.92 Å². The average molecular weight is 256 g/mol. The molecule has 0 spiro atoms. The number of benzene rings is 1. The second kappa shape index (κ2) is 4.34. The van der Waals surface area contributed by atoms with Gasteiger partial charge in [-0.15, -0.1) is 0 Å². The van der Waals surface area contributed by atoms with E-state index in [0.717, 1.165) is 18.5 Å². The van der Waals surface area contributed by atoms with Crippen LogP contribution in [0.5, 0.6) is 0 Å². The summed E-state index contributed by atoms with van der Waals surface area (Å²) < 4.78 is 0. The molecule has 2 saturated heterocycles. The Morgan fingerprint density at radius 2 is 2.11 bits per heavy atom. The van der Waals surface area contributed by atoms with Crippen molar-refractivity contribution >= 4 is 5.91 Å². The number of rotatable bonds is 2. The van der Waals surface area contributed by atoms with Crippen LogP contribution in [0.3, 0.4) is 0 Å². The van der Waals surface area contributed by atoms with Crippen LogP contribution in [0.25, 0.3) is 0 Å². The Labute approximate surface area is 114 Å². The molecule has 0 saturated carbocycles. The van der Waals surface area contributed by atoms with Crippen LogP contribution < -0.4 is 5.32 Å². The van der Waals surface area contributed by atoms with E-state index in [1.165, 1.54) is 43.5 Å². The number of nitrogens with one attached hydrogen (secondary N) is 1. The molecule has 2 heterocycles. The lowest BCUT2D eigenvalue weighted by molar-refractivity contribution is 0.0924. The highest BCUT2D eigenvalue weighted by Gasteiger charge is 2.38. The third kappa shape index (κ3) is 1.96. The number of hydrogen-bond donors (Lipinski definition) is 1. The molecule has 3 aliphatic rings. The van der Waals surface area contributed by atoms with Gasteiger partial charge >= 0.3 is 0 Å². The number of carbonyl (C=O) groups is 1. The second-order valence-electron chi connectivity index (χ2n) is 6.23. The fraction of sp³-hybridized carbons (Fsp3) is 0.562. The van der Waals surface area contributed by atoms with E-state index in [9.17, 15) is 4.79 Å². The van der Waals surface area contributed by atoms with Gasteiger partial charge < -0.3 is 10.2 Å². The fourth-order valence-electron chi connectivity index (χ4n) is 3.91. The Balaban J connectivity index is 1.48. The number of hydrogen-bond acceptors (Lipinski definition) is 2. The summed E-state index contributed by atoms with van der Waals surface area (Å²) in [6.07, 6.45) is 4.79. The van der Waals surface area contributed by atoms with Crippen molar-refractivity contribution in [3.05, 3.63) is 34.9 Å². The highest BCUT2D eigenvalue weighted by atomic mass is 16.1. The molecule has 1 amide bonds. The Morgan fingerprint density at radius 3 is 2.89 bits per heavy atom. The fourth-order valence-corrected chi connectivity index (χ4v) is 3.91. The van der Waals surface area contributed by atoms with Gasteiger partial charge in [-0.25, -0.2) is 0 Å². The first kappa shape index (κ1) is 11.5. The van der Waals surface area contributed by atoms with Crippen molar-refractivity contribution < 1.29 is 4.79 Å². The van der Waals surface area contributed by atoms with Gasteiger partial charge in [-0.1, -0.05) is 6.07 Å². The first-order valence-electron chi connectivity index (χ1n) is 7.44. The zero-order valence-electron chi connectivity index (χ0n) is 11.2. The van der Waals surface area contributed by atoms with Crippen molar-refractivity contribution in [2.75, 3.05) is 19.6 Å². The Bertz CT molecular complexity index is 525. The summed E-state index contributed by atoms with van der Waals surface area (Å²) in [6, 6.07) is 6.61. The summed E-state index contributed by atoms with van der Waals surface area (Å²) in [5.41, 5.74) is 3.66.